The van der Waals surface area contributed by atoms with E-state index < -0.39 is 0 Å². The fourth-order valence-electron chi connectivity index (χ4n) is 3.11. The van der Waals surface area contributed by atoms with Crippen LogP contribution in [0, 0.1) is 6.92 Å². The number of hydrogen-bond acceptors (Lipinski definition) is 3. The number of aryl methyl sites for hydroxylation is 2. The Bertz CT molecular complexity index is 1050. The van der Waals surface area contributed by atoms with Crippen LogP contribution in [0.4, 0.5) is 0 Å². The van der Waals surface area contributed by atoms with Crippen molar-refractivity contribution < 1.29 is 9.21 Å². The van der Waals surface area contributed by atoms with Gasteiger partial charge in [-0.15, -0.1) is 0 Å². The highest BCUT2D eigenvalue weighted by atomic mass is 16.3. The summed E-state index contributed by atoms with van der Waals surface area (Å²) in [6.07, 6.45) is 2.67. The molecule has 2 aromatic carbocycles. The number of carbonyl (C=O) groups is 1. The van der Waals surface area contributed by atoms with E-state index in [1.807, 2.05) is 55.7 Å². The number of rotatable bonds is 5. The Kier molecular flexibility index (Phi) is 3.98. The third-order valence-corrected chi connectivity index (χ3v) is 4.44. The molecule has 0 fully saturated rings. The molecule has 0 aliphatic rings. The molecule has 0 aliphatic carbocycles. The molecule has 0 bridgehead atoms. The highest BCUT2D eigenvalue weighted by Gasteiger charge is 2.16. The number of nitrogens with one attached hydrogen (secondary N) is 1. The summed E-state index contributed by atoms with van der Waals surface area (Å²) < 4.78 is 7.80. The lowest BCUT2D eigenvalue weighted by molar-refractivity contribution is 0.0926. The Hall–Kier alpha value is -3.08. The summed E-state index contributed by atoms with van der Waals surface area (Å²) in [6.45, 7) is 3.31. The second kappa shape index (κ2) is 6.43. The van der Waals surface area contributed by atoms with Crippen LogP contribution in [-0.2, 0) is 6.54 Å². The van der Waals surface area contributed by atoms with Crippen molar-refractivity contribution in [2.75, 3.05) is 6.54 Å². The van der Waals surface area contributed by atoms with Crippen LogP contribution in [0.2, 0.25) is 0 Å². The molecule has 2 heterocycles. The van der Waals surface area contributed by atoms with Crippen LogP contribution in [-0.4, -0.2) is 22.0 Å². The maximum absolute atomic E-state index is 12.4. The molecule has 1 N–H and O–H groups in total. The number of fused-ring (bicyclic) bond motifs is 2. The summed E-state index contributed by atoms with van der Waals surface area (Å²) in [5, 5.41) is 3.93. The summed E-state index contributed by atoms with van der Waals surface area (Å²) >= 11 is 0. The maximum Gasteiger partial charge on any atom is 0.287 e. The van der Waals surface area contributed by atoms with Crippen molar-refractivity contribution in [2.24, 2.45) is 0 Å². The van der Waals surface area contributed by atoms with Gasteiger partial charge in [0.05, 0.1) is 17.4 Å². The predicted octanol–water partition coefficient (Wildman–Crippen LogP) is 3.91. The van der Waals surface area contributed by atoms with Gasteiger partial charge in [0.1, 0.15) is 5.58 Å². The second-order valence-corrected chi connectivity index (χ2v) is 6.09. The monoisotopic (exact) mass is 333 g/mol. The van der Waals surface area contributed by atoms with E-state index in [0.717, 1.165) is 40.5 Å². The molecule has 5 nitrogen and oxygen atoms in total. The minimum Gasteiger partial charge on any atom is -0.451 e. The second-order valence-electron chi connectivity index (χ2n) is 6.09. The van der Waals surface area contributed by atoms with Gasteiger partial charge in [0.2, 0.25) is 0 Å². The SMILES string of the molecule is Cc1c(C(=O)NCCCn2cnc3ccccc32)oc2ccccc12. The van der Waals surface area contributed by atoms with Gasteiger partial charge in [0.25, 0.3) is 5.91 Å². The van der Waals surface area contributed by atoms with Crippen molar-refractivity contribution in [2.45, 2.75) is 19.9 Å². The number of para-hydroxylation sites is 3. The van der Waals surface area contributed by atoms with Crippen LogP contribution in [0.25, 0.3) is 22.0 Å². The van der Waals surface area contributed by atoms with Crippen molar-refractivity contribution in [3.8, 4) is 0 Å². The van der Waals surface area contributed by atoms with Gasteiger partial charge in [0.15, 0.2) is 5.76 Å². The zero-order valence-electron chi connectivity index (χ0n) is 14.0. The molecule has 5 heteroatoms. The van der Waals surface area contributed by atoms with Crippen LogP contribution >= 0.6 is 0 Å². The molecule has 0 saturated heterocycles. The Morgan fingerprint density at radius 3 is 2.84 bits per heavy atom. The molecule has 4 rings (SSSR count). The van der Waals surface area contributed by atoms with Gasteiger partial charge in [-0.25, -0.2) is 4.98 Å². The van der Waals surface area contributed by atoms with Gasteiger partial charge in [-0.3, -0.25) is 4.79 Å². The molecule has 126 valence electrons. The minimum absolute atomic E-state index is 0.163. The first-order chi connectivity index (χ1) is 12.2. The van der Waals surface area contributed by atoms with Crippen molar-refractivity contribution >= 4 is 27.9 Å². The van der Waals surface area contributed by atoms with Crippen LogP contribution in [0.1, 0.15) is 22.5 Å². The molecule has 2 aromatic heterocycles. The first-order valence-corrected chi connectivity index (χ1v) is 8.40. The number of aromatic nitrogens is 2. The van der Waals surface area contributed by atoms with Crippen molar-refractivity contribution in [3.05, 3.63) is 66.2 Å². The average molecular weight is 333 g/mol. The number of benzene rings is 2. The number of carbonyl (C=O) groups excluding carboxylic acids is 1. The number of amides is 1. The van der Waals surface area contributed by atoms with Gasteiger partial charge >= 0.3 is 0 Å². The molecule has 1 amide bonds. The molecule has 25 heavy (non-hydrogen) atoms. The Labute approximate surface area is 145 Å². The summed E-state index contributed by atoms with van der Waals surface area (Å²) in [7, 11) is 0. The normalized spacial score (nSPS) is 11.2. The molecule has 0 aliphatic heterocycles. The number of imidazole rings is 1. The number of hydrogen-bond donors (Lipinski definition) is 1. The molecular formula is C20H19N3O2. The smallest absolute Gasteiger partial charge is 0.287 e. The average Bonchev–Trinajstić information content (AvgIpc) is 3.20. The van der Waals surface area contributed by atoms with Crippen LogP contribution < -0.4 is 5.32 Å². The zero-order chi connectivity index (χ0) is 17.2. The largest absolute Gasteiger partial charge is 0.451 e. The quantitative estimate of drug-likeness (QED) is 0.563. The van der Waals surface area contributed by atoms with E-state index in [4.69, 9.17) is 4.42 Å². The zero-order valence-corrected chi connectivity index (χ0v) is 14.0. The van der Waals surface area contributed by atoms with Gasteiger partial charge in [-0.1, -0.05) is 30.3 Å². The van der Waals surface area contributed by atoms with E-state index in [1.54, 1.807) is 0 Å². The molecule has 0 radical (unpaired) electrons. The van der Waals surface area contributed by atoms with Crippen molar-refractivity contribution in [3.63, 3.8) is 0 Å². The number of furan rings is 1. The summed E-state index contributed by atoms with van der Waals surface area (Å²) in [4.78, 5) is 16.8. The van der Waals surface area contributed by atoms with E-state index in [1.165, 1.54) is 0 Å². The predicted molar refractivity (Wildman–Crippen MR) is 97.6 cm³/mol. The topological polar surface area (TPSA) is 60.1 Å². The van der Waals surface area contributed by atoms with E-state index in [2.05, 4.69) is 20.9 Å². The standard InChI is InChI=1S/C20H19N3O2/c1-14-15-7-2-5-10-18(15)25-19(14)20(24)21-11-6-12-23-13-22-16-8-3-4-9-17(16)23/h2-5,7-10,13H,6,11-12H2,1H3,(H,21,24). The van der Waals surface area contributed by atoms with Crippen LogP contribution in [0.3, 0.4) is 0 Å². The first-order valence-electron chi connectivity index (χ1n) is 8.40. The third-order valence-electron chi connectivity index (χ3n) is 4.44. The van der Waals surface area contributed by atoms with Crippen molar-refractivity contribution in [1.82, 2.24) is 14.9 Å². The fourth-order valence-corrected chi connectivity index (χ4v) is 3.11. The molecule has 0 saturated carbocycles. The van der Waals surface area contributed by atoms with Gasteiger partial charge in [-0.05, 0) is 31.5 Å². The molecule has 0 spiro atoms. The lowest BCUT2D eigenvalue weighted by atomic mass is 10.1. The van der Waals surface area contributed by atoms with E-state index in [9.17, 15) is 4.79 Å². The number of nitrogens with zero attached hydrogens (tertiary/aromatic N) is 2. The summed E-state index contributed by atoms with van der Waals surface area (Å²) in [5.74, 6) is 0.235. The Balaban J connectivity index is 1.38. The van der Waals surface area contributed by atoms with Gasteiger partial charge in [-0.2, -0.15) is 0 Å². The Morgan fingerprint density at radius 2 is 1.96 bits per heavy atom. The Morgan fingerprint density at radius 1 is 1.16 bits per heavy atom. The van der Waals surface area contributed by atoms with E-state index in [-0.39, 0.29) is 5.91 Å². The lowest BCUT2D eigenvalue weighted by Gasteiger charge is -2.06. The minimum atomic E-state index is -0.163. The fraction of sp³-hybridized carbons (Fsp3) is 0.200. The van der Waals surface area contributed by atoms with Crippen LogP contribution in [0.5, 0.6) is 0 Å². The highest BCUT2D eigenvalue weighted by Crippen LogP contribution is 2.24. The highest BCUT2D eigenvalue weighted by molar-refractivity contribution is 5.98. The first kappa shape index (κ1) is 15.4. The maximum atomic E-state index is 12.4. The molecule has 4 aromatic rings. The van der Waals surface area contributed by atoms with Gasteiger partial charge < -0.3 is 14.3 Å². The lowest BCUT2D eigenvalue weighted by Crippen LogP contribution is -2.25. The van der Waals surface area contributed by atoms with E-state index in [0.29, 0.717) is 12.3 Å². The molecule has 0 atom stereocenters. The van der Waals surface area contributed by atoms with E-state index >= 15 is 0 Å². The van der Waals surface area contributed by atoms with Gasteiger partial charge in [0, 0.05) is 24.0 Å². The van der Waals surface area contributed by atoms with Crippen LogP contribution in [0.15, 0.2) is 59.3 Å². The summed E-state index contributed by atoms with van der Waals surface area (Å²) in [5.41, 5.74) is 3.73. The molecule has 0 unspecified atom stereocenters. The molecular weight excluding hydrogens is 314 g/mol. The van der Waals surface area contributed by atoms with Crippen molar-refractivity contribution in [1.29, 1.82) is 0 Å². The summed E-state index contributed by atoms with van der Waals surface area (Å²) in [6, 6.07) is 15.7. The third kappa shape index (κ3) is 2.89.